The zero-order chi connectivity index (χ0) is 21.6. The van der Waals surface area contributed by atoms with E-state index in [9.17, 15) is 0 Å². The van der Waals surface area contributed by atoms with Gasteiger partial charge in [-0.3, -0.25) is 0 Å². The van der Waals surface area contributed by atoms with Crippen molar-refractivity contribution < 1.29 is 4.74 Å². The molecule has 0 spiro atoms. The summed E-state index contributed by atoms with van der Waals surface area (Å²) in [6, 6.07) is 25.9. The summed E-state index contributed by atoms with van der Waals surface area (Å²) in [7, 11) is 0. The molecule has 0 bridgehead atoms. The van der Waals surface area contributed by atoms with E-state index in [1.54, 1.807) is 6.07 Å². The van der Waals surface area contributed by atoms with Gasteiger partial charge in [-0.25, -0.2) is 0 Å². The first-order chi connectivity index (χ1) is 15.1. The van der Waals surface area contributed by atoms with Crippen molar-refractivity contribution in [3.8, 4) is 5.75 Å². The number of nitrogens with one attached hydrogen (secondary N) is 1. The molecule has 0 atom stereocenters. The minimum atomic E-state index is 0. The number of fused-ring (bicyclic) bond motifs is 1. The summed E-state index contributed by atoms with van der Waals surface area (Å²) < 4.78 is 6.20. The molecule has 0 saturated heterocycles. The van der Waals surface area contributed by atoms with E-state index in [0.29, 0.717) is 23.2 Å². The zero-order valence-corrected chi connectivity index (χ0v) is 20.4. The summed E-state index contributed by atoms with van der Waals surface area (Å²) in [5.74, 6) is 0.851. The molecule has 0 aliphatic rings. The highest BCUT2D eigenvalue weighted by molar-refractivity contribution is 6.35. The average molecular weight is 507 g/mol. The number of ether oxygens (including phenoxy) is 1. The van der Waals surface area contributed by atoms with E-state index in [2.05, 4.69) is 41.7 Å². The number of halogens is 4. The Balaban J connectivity index is 0.00000289. The highest BCUT2D eigenvalue weighted by atomic mass is 35.5. The normalized spacial score (nSPS) is 10.7. The van der Waals surface area contributed by atoms with Gasteiger partial charge in [-0.1, -0.05) is 83.3 Å². The Hall–Kier alpha value is -1.94. The van der Waals surface area contributed by atoms with Gasteiger partial charge in [-0.2, -0.15) is 0 Å². The van der Waals surface area contributed by atoms with Crippen molar-refractivity contribution in [2.24, 2.45) is 0 Å². The molecule has 6 heteroatoms. The SMILES string of the molecule is Cl.Clc1ccc(CCNCc2c(OCc3ccc(Cl)cc3Cl)ccc3ccccc23)cc1. The van der Waals surface area contributed by atoms with E-state index in [-0.39, 0.29) is 12.4 Å². The van der Waals surface area contributed by atoms with Crippen LogP contribution in [0.1, 0.15) is 16.7 Å². The molecule has 4 rings (SSSR count). The Bertz CT molecular complexity index is 1180. The molecule has 4 aromatic rings. The van der Waals surface area contributed by atoms with Crippen molar-refractivity contribution in [3.05, 3.63) is 111 Å². The zero-order valence-electron chi connectivity index (χ0n) is 17.3. The second kappa shape index (κ2) is 11.8. The third kappa shape index (κ3) is 6.31. The smallest absolute Gasteiger partial charge is 0.124 e. The fraction of sp³-hybridized carbons (Fsp3) is 0.154. The van der Waals surface area contributed by atoms with Crippen molar-refractivity contribution >= 4 is 58.0 Å². The van der Waals surface area contributed by atoms with Gasteiger partial charge in [0.1, 0.15) is 12.4 Å². The van der Waals surface area contributed by atoms with Gasteiger partial charge in [0.05, 0.1) is 0 Å². The van der Waals surface area contributed by atoms with Crippen LogP contribution in [-0.2, 0) is 19.6 Å². The van der Waals surface area contributed by atoms with Gasteiger partial charge < -0.3 is 10.1 Å². The van der Waals surface area contributed by atoms with Crippen LogP contribution in [0.3, 0.4) is 0 Å². The van der Waals surface area contributed by atoms with E-state index in [0.717, 1.165) is 34.9 Å². The van der Waals surface area contributed by atoms with Crippen LogP contribution in [0.4, 0.5) is 0 Å². The Kier molecular flexibility index (Phi) is 9.10. The maximum absolute atomic E-state index is 6.32. The standard InChI is InChI=1S/C26H22Cl3NO.ClH/c27-21-9-5-18(6-10-21)13-14-30-16-24-23-4-2-1-3-19(23)8-12-26(24)31-17-20-7-11-22(28)15-25(20)29;/h1-12,15,30H,13-14,16-17H2;1H. The molecule has 0 aromatic heterocycles. The summed E-state index contributed by atoms with van der Waals surface area (Å²) in [6.45, 7) is 1.94. The predicted octanol–water partition coefficient (Wildman–Crippen LogP) is 8.13. The second-order valence-electron chi connectivity index (χ2n) is 7.34. The monoisotopic (exact) mass is 505 g/mol. The molecule has 0 saturated carbocycles. The van der Waals surface area contributed by atoms with Crippen molar-refractivity contribution in [1.82, 2.24) is 5.32 Å². The fourth-order valence-electron chi connectivity index (χ4n) is 3.52. The molecule has 0 aliphatic heterocycles. The van der Waals surface area contributed by atoms with E-state index in [1.807, 2.05) is 36.4 Å². The third-order valence-corrected chi connectivity index (χ3v) is 6.04. The number of hydrogen-bond donors (Lipinski definition) is 1. The van der Waals surface area contributed by atoms with Gasteiger partial charge in [0.15, 0.2) is 0 Å². The van der Waals surface area contributed by atoms with Crippen LogP contribution in [0, 0.1) is 0 Å². The molecule has 0 aliphatic carbocycles. The maximum Gasteiger partial charge on any atom is 0.124 e. The lowest BCUT2D eigenvalue weighted by Crippen LogP contribution is -2.17. The minimum Gasteiger partial charge on any atom is -0.488 e. The topological polar surface area (TPSA) is 21.3 Å². The summed E-state index contributed by atoms with van der Waals surface area (Å²) in [4.78, 5) is 0. The maximum atomic E-state index is 6.32. The third-order valence-electron chi connectivity index (χ3n) is 5.20. The van der Waals surface area contributed by atoms with Gasteiger partial charge in [-0.15, -0.1) is 12.4 Å². The molecule has 2 nitrogen and oxygen atoms in total. The molecule has 0 fully saturated rings. The summed E-state index contributed by atoms with van der Waals surface area (Å²) in [5, 5.41) is 7.91. The van der Waals surface area contributed by atoms with Gasteiger partial charge in [0.25, 0.3) is 0 Å². The van der Waals surface area contributed by atoms with E-state index in [4.69, 9.17) is 39.5 Å². The molecule has 166 valence electrons. The van der Waals surface area contributed by atoms with Crippen LogP contribution in [0.25, 0.3) is 10.8 Å². The van der Waals surface area contributed by atoms with E-state index < -0.39 is 0 Å². The summed E-state index contributed by atoms with van der Waals surface area (Å²) >= 11 is 18.3. The van der Waals surface area contributed by atoms with Crippen molar-refractivity contribution in [1.29, 1.82) is 0 Å². The Morgan fingerprint density at radius 2 is 1.53 bits per heavy atom. The second-order valence-corrected chi connectivity index (χ2v) is 8.62. The highest BCUT2D eigenvalue weighted by Crippen LogP contribution is 2.30. The fourth-order valence-corrected chi connectivity index (χ4v) is 4.11. The molecule has 0 heterocycles. The van der Waals surface area contributed by atoms with Crippen LogP contribution in [0.5, 0.6) is 5.75 Å². The predicted molar refractivity (Wildman–Crippen MR) is 139 cm³/mol. The lowest BCUT2D eigenvalue weighted by Gasteiger charge is -2.16. The van der Waals surface area contributed by atoms with Crippen LogP contribution in [0.15, 0.2) is 78.9 Å². The lowest BCUT2D eigenvalue weighted by atomic mass is 10.0. The Labute approximate surface area is 209 Å². The van der Waals surface area contributed by atoms with Gasteiger partial charge in [0.2, 0.25) is 0 Å². The minimum absolute atomic E-state index is 0. The Morgan fingerprint density at radius 3 is 2.31 bits per heavy atom. The van der Waals surface area contributed by atoms with Crippen LogP contribution in [-0.4, -0.2) is 6.54 Å². The molecule has 1 N–H and O–H groups in total. The van der Waals surface area contributed by atoms with Crippen LogP contribution < -0.4 is 10.1 Å². The molecular formula is C26H23Cl4NO. The summed E-state index contributed by atoms with van der Waals surface area (Å²) in [6.07, 6.45) is 0.929. The van der Waals surface area contributed by atoms with Gasteiger partial charge in [-0.05, 0) is 59.6 Å². The van der Waals surface area contributed by atoms with E-state index in [1.165, 1.54) is 16.3 Å². The van der Waals surface area contributed by atoms with Crippen LogP contribution >= 0.6 is 47.2 Å². The Morgan fingerprint density at radius 1 is 0.781 bits per heavy atom. The van der Waals surface area contributed by atoms with Crippen molar-refractivity contribution in [2.45, 2.75) is 19.6 Å². The van der Waals surface area contributed by atoms with Gasteiger partial charge >= 0.3 is 0 Å². The van der Waals surface area contributed by atoms with Gasteiger partial charge in [0, 0.05) is 32.7 Å². The number of rotatable bonds is 8. The first kappa shape index (κ1) is 24.7. The first-order valence-electron chi connectivity index (χ1n) is 10.1. The van der Waals surface area contributed by atoms with Crippen molar-refractivity contribution in [2.75, 3.05) is 6.54 Å². The van der Waals surface area contributed by atoms with Crippen molar-refractivity contribution in [3.63, 3.8) is 0 Å². The molecule has 0 radical (unpaired) electrons. The highest BCUT2D eigenvalue weighted by Gasteiger charge is 2.10. The lowest BCUT2D eigenvalue weighted by molar-refractivity contribution is 0.303. The number of benzene rings is 4. The first-order valence-corrected chi connectivity index (χ1v) is 11.3. The quantitative estimate of drug-likeness (QED) is 0.243. The molecular weight excluding hydrogens is 484 g/mol. The van der Waals surface area contributed by atoms with E-state index >= 15 is 0 Å². The molecule has 0 amide bonds. The summed E-state index contributed by atoms with van der Waals surface area (Å²) in [5.41, 5.74) is 3.30. The number of hydrogen-bond acceptors (Lipinski definition) is 2. The molecule has 4 aromatic carbocycles. The average Bonchev–Trinajstić information content (AvgIpc) is 2.78. The van der Waals surface area contributed by atoms with Crippen LogP contribution in [0.2, 0.25) is 15.1 Å². The largest absolute Gasteiger partial charge is 0.488 e. The molecule has 0 unspecified atom stereocenters. The molecule has 32 heavy (non-hydrogen) atoms.